The van der Waals surface area contributed by atoms with E-state index in [2.05, 4.69) is 37.9 Å². The Hall–Kier alpha value is -1.96. The molecule has 28 heavy (non-hydrogen) atoms. The van der Waals surface area contributed by atoms with Gasteiger partial charge in [0, 0.05) is 43.0 Å². The predicted octanol–water partition coefficient (Wildman–Crippen LogP) is 6.99. The Morgan fingerprint density at radius 1 is 1.00 bits per heavy atom. The first-order chi connectivity index (χ1) is 13.5. The van der Waals surface area contributed by atoms with Gasteiger partial charge in [-0.3, -0.25) is 4.98 Å². The van der Waals surface area contributed by atoms with Crippen molar-refractivity contribution in [2.45, 2.75) is 11.4 Å². The zero-order chi connectivity index (χ0) is 19.7. The number of aryl methyl sites for hydroxylation is 1. The number of halogens is 3. The number of pyridine rings is 1. The van der Waals surface area contributed by atoms with Gasteiger partial charge in [-0.2, -0.15) is 0 Å². The Morgan fingerprint density at radius 2 is 1.86 bits per heavy atom. The summed E-state index contributed by atoms with van der Waals surface area (Å²) in [6.45, 7) is 1.95. The predicted molar refractivity (Wildman–Crippen MR) is 125 cm³/mol. The van der Waals surface area contributed by atoms with Gasteiger partial charge in [-0.15, -0.1) is 0 Å². The van der Waals surface area contributed by atoms with E-state index in [0.29, 0.717) is 16.7 Å². The zero-order valence-electron chi connectivity index (χ0n) is 14.9. The molecule has 0 spiro atoms. The summed E-state index contributed by atoms with van der Waals surface area (Å²) in [6, 6.07) is 15.4. The van der Waals surface area contributed by atoms with Gasteiger partial charge in [0.25, 0.3) is 0 Å². The molecule has 7 heteroatoms. The Kier molecular flexibility index (Phi) is 5.66. The summed E-state index contributed by atoms with van der Waals surface area (Å²) >= 11 is 14.9. The number of aromatic nitrogens is 3. The molecule has 4 rings (SSSR count). The molecular formula is C21H15Cl2IN4. The molecule has 0 aliphatic carbocycles. The maximum Gasteiger partial charge on any atom is 0.163 e. The maximum atomic E-state index is 6.37. The third kappa shape index (κ3) is 4.06. The molecule has 2 aromatic heterocycles. The van der Waals surface area contributed by atoms with Crippen LogP contribution < -0.4 is 5.32 Å². The molecule has 1 N–H and O–H groups in total. The lowest BCUT2D eigenvalue weighted by Crippen LogP contribution is -2.00. The summed E-state index contributed by atoms with van der Waals surface area (Å²) in [4.78, 5) is 13.8. The fourth-order valence-electron chi connectivity index (χ4n) is 2.80. The quantitative estimate of drug-likeness (QED) is 0.233. The Bertz CT molecular complexity index is 1160. The van der Waals surface area contributed by atoms with Crippen LogP contribution in [0.25, 0.3) is 22.3 Å². The number of benzene rings is 2. The molecule has 2 heterocycles. The van der Waals surface area contributed by atoms with E-state index < -0.39 is 0 Å². The van der Waals surface area contributed by atoms with Crippen LogP contribution >= 0.6 is 45.8 Å². The second kappa shape index (κ2) is 8.19. The molecule has 0 fully saturated rings. The molecule has 0 atom stereocenters. The number of nitrogens with zero attached hydrogens (tertiary/aromatic N) is 3. The molecule has 0 aliphatic rings. The number of hydrogen-bond donors (Lipinski definition) is 1. The van der Waals surface area contributed by atoms with Gasteiger partial charge in [0.05, 0.1) is 5.52 Å². The largest absolute Gasteiger partial charge is 0.340 e. The average molecular weight is 521 g/mol. The van der Waals surface area contributed by atoms with Gasteiger partial charge in [0.1, 0.15) is 5.82 Å². The van der Waals surface area contributed by atoms with E-state index in [9.17, 15) is 0 Å². The van der Waals surface area contributed by atoms with E-state index in [-0.39, 0.29) is 0 Å². The number of alkyl halides is 1. The molecule has 0 aliphatic heterocycles. The lowest BCUT2D eigenvalue weighted by Gasteiger charge is -2.12. The zero-order valence-corrected chi connectivity index (χ0v) is 18.5. The topological polar surface area (TPSA) is 50.7 Å². The number of rotatable bonds is 4. The first-order valence-corrected chi connectivity index (χ1v) is 10.8. The first kappa shape index (κ1) is 19.4. The lowest BCUT2D eigenvalue weighted by molar-refractivity contribution is 1.17. The molecule has 4 aromatic rings. The average Bonchev–Trinajstić information content (AvgIpc) is 2.68. The third-order valence-corrected chi connectivity index (χ3v) is 5.70. The lowest BCUT2D eigenvalue weighted by atomic mass is 10.2. The van der Waals surface area contributed by atoms with Crippen LogP contribution in [0.4, 0.5) is 11.5 Å². The normalized spacial score (nSPS) is 11.0. The van der Waals surface area contributed by atoms with E-state index in [1.807, 2.05) is 55.5 Å². The van der Waals surface area contributed by atoms with Crippen LogP contribution in [0.15, 0.2) is 54.7 Å². The first-order valence-electron chi connectivity index (χ1n) is 8.55. The number of hydrogen-bond acceptors (Lipinski definition) is 4. The smallest absolute Gasteiger partial charge is 0.163 e. The maximum absolute atomic E-state index is 6.37. The van der Waals surface area contributed by atoms with Crippen LogP contribution in [0.2, 0.25) is 10.0 Å². The Morgan fingerprint density at radius 3 is 2.57 bits per heavy atom. The van der Waals surface area contributed by atoms with E-state index in [1.54, 1.807) is 6.20 Å². The van der Waals surface area contributed by atoms with Gasteiger partial charge in [0.15, 0.2) is 5.82 Å². The molecule has 0 saturated heterocycles. The van der Waals surface area contributed by atoms with Gasteiger partial charge < -0.3 is 5.32 Å². The molecule has 0 radical (unpaired) electrons. The van der Waals surface area contributed by atoms with E-state index in [0.717, 1.165) is 42.9 Å². The molecule has 0 amide bonds. The fourth-order valence-corrected chi connectivity index (χ4v) is 4.10. The van der Waals surface area contributed by atoms with E-state index >= 15 is 0 Å². The van der Waals surface area contributed by atoms with Crippen LogP contribution in [0, 0.1) is 6.92 Å². The van der Waals surface area contributed by atoms with Crippen molar-refractivity contribution >= 4 is 68.2 Å². The minimum atomic E-state index is 0.583. The van der Waals surface area contributed by atoms with E-state index in [4.69, 9.17) is 28.2 Å². The highest BCUT2D eigenvalue weighted by atomic mass is 127. The van der Waals surface area contributed by atoms with Crippen LogP contribution in [-0.4, -0.2) is 15.0 Å². The second-order valence-corrected chi connectivity index (χ2v) is 7.92. The van der Waals surface area contributed by atoms with Crippen molar-refractivity contribution in [2.24, 2.45) is 0 Å². The van der Waals surface area contributed by atoms with Gasteiger partial charge in [-0.25, -0.2) is 9.97 Å². The number of nitrogens with one attached hydrogen (secondary N) is 1. The molecule has 0 bridgehead atoms. The summed E-state index contributed by atoms with van der Waals surface area (Å²) in [7, 11) is 0. The summed E-state index contributed by atoms with van der Waals surface area (Å²) in [5.74, 6) is 1.27. The molecule has 0 unspecified atom stereocenters. The summed E-state index contributed by atoms with van der Waals surface area (Å²) in [5.41, 5.74) is 4.50. The van der Waals surface area contributed by atoms with Gasteiger partial charge in [0.2, 0.25) is 0 Å². The van der Waals surface area contributed by atoms with Crippen LogP contribution in [-0.2, 0) is 4.43 Å². The summed E-state index contributed by atoms with van der Waals surface area (Å²) in [6.07, 6.45) is 1.77. The minimum Gasteiger partial charge on any atom is -0.340 e. The van der Waals surface area contributed by atoms with Crippen molar-refractivity contribution in [3.8, 4) is 11.4 Å². The number of anilines is 2. The molecular weight excluding hydrogens is 506 g/mol. The summed E-state index contributed by atoms with van der Waals surface area (Å²) in [5, 5.41) is 5.61. The van der Waals surface area contributed by atoms with Crippen molar-refractivity contribution in [1.82, 2.24) is 15.0 Å². The molecule has 4 nitrogen and oxygen atoms in total. The van der Waals surface area contributed by atoms with Crippen molar-refractivity contribution in [2.75, 3.05) is 5.32 Å². The molecule has 0 saturated carbocycles. The SMILES string of the molecule is Cc1ccc(-c2nc(Nc3ccc(CI)c(Cl)c3)c3ccc(Cl)cc3n2)cn1. The van der Waals surface area contributed by atoms with Crippen molar-refractivity contribution in [3.63, 3.8) is 0 Å². The standard InChI is InChI=1S/C21H15Cl2IN4/c1-12-2-3-14(11-25-12)20-27-19-8-15(22)5-7-17(19)21(28-20)26-16-6-4-13(10-24)18(23)9-16/h2-9,11H,10H2,1H3,(H,26,27,28). The van der Waals surface area contributed by atoms with Crippen LogP contribution in [0.5, 0.6) is 0 Å². The van der Waals surface area contributed by atoms with Crippen molar-refractivity contribution in [1.29, 1.82) is 0 Å². The van der Waals surface area contributed by atoms with E-state index in [1.165, 1.54) is 0 Å². The Labute approximate surface area is 186 Å². The highest BCUT2D eigenvalue weighted by Gasteiger charge is 2.11. The van der Waals surface area contributed by atoms with Gasteiger partial charge >= 0.3 is 0 Å². The van der Waals surface area contributed by atoms with Gasteiger partial charge in [-0.1, -0.05) is 51.9 Å². The van der Waals surface area contributed by atoms with Gasteiger partial charge in [-0.05, 0) is 55.0 Å². The van der Waals surface area contributed by atoms with Crippen LogP contribution in [0.3, 0.4) is 0 Å². The molecule has 140 valence electrons. The summed E-state index contributed by atoms with van der Waals surface area (Å²) < 4.78 is 0.858. The van der Waals surface area contributed by atoms with Crippen molar-refractivity contribution < 1.29 is 0 Å². The highest BCUT2D eigenvalue weighted by Crippen LogP contribution is 2.30. The Balaban J connectivity index is 1.83. The monoisotopic (exact) mass is 520 g/mol. The van der Waals surface area contributed by atoms with Crippen molar-refractivity contribution in [3.05, 3.63) is 76.0 Å². The fraction of sp³-hybridized carbons (Fsp3) is 0.0952. The van der Waals surface area contributed by atoms with Crippen LogP contribution in [0.1, 0.15) is 11.3 Å². The molecule has 2 aromatic carbocycles. The minimum absolute atomic E-state index is 0.583. The third-order valence-electron chi connectivity index (χ3n) is 4.29. The highest BCUT2D eigenvalue weighted by molar-refractivity contribution is 14.1. The second-order valence-electron chi connectivity index (χ2n) is 6.31. The number of fused-ring (bicyclic) bond motifs is 1.